The van der Waals surface area contributed by atoms with Gasteiger partial charge >= 0.3 is 0 Å². The third-order valence-electron chi connectivity index (χ3n) is 2.95. The summed E-state index contributed by atoms with van der Waals surface area (Å²) in [4.78, 5) is 0. The van der Waals surface area contributed by atoms with E-state index in [2.05, 4.69) is 0 Å². The zero-order valence-electron chi connectivity index (χ0n) is 8.02. The van der Waals surface area contributed by atoms with E-state index in [0.29, 0.717) is 11.7 Å². The zero-order chi connectivity index (χ0) is 9.26. The van der Waals surface area contributed by atoms with Gasteiger partial charge in [-0.3, -0.25) is 0 Å². The van der Waals surface area contributed by atoms with Crippen LogP contribution >= 0.6 is 12.4 Å². The molecule has 1 fully saturated rings. The summed E-state index contributed by atoms with van der Waals surface area (Å²) in [6, 6.07) is 7.39. The van der Waals surface area contributed by atoms with Crippen molar-refractivity contribution in [1.82, 2.24) is 0 Å². The van der Waals surface area contributed by atoms with Crippen LogP contribution in [0.5, 0.6) is 5.75 Å². The van der Waals surface area contributed by atoms with Crippen molar-refractivity contribution in [2.45, 2.75) is 25.3 Å². The maximum Gasteiger partial charge on any atom is 0.120 e. The molecule has 14 heavy (non-hydrogen) atoms. The molecule has 0 radical (unpaired) electrons. The third-order valence-corrected chi connectivity index (χ3v) is 2.95. The Balaban J connectivity index is 0.000000980. The van der Waals surface area contributed by atoms with E-state index >= 15 is 0 Å². The minimum Gasteiger partial charge on any atom is -0.508 e. The van der Waals surface area contributed by atoms with Crippen molar-refractivity contribution in [3.8, 4) is 5.75 Å². The lowest BCUT2D eigenvalue weighted by Gasteiger charge is -2.31. The third kappa shape index (κ3) is 2.02. The largest absolute Gasteiger partial charge is 0.508 e. The molecule has 0 aliphatic heterocycles. The number of hydrogen-bond acceptors (Lipinski definition) is 2. The van der Waals surface area contributed by atoms with Gasteiger partial charge in [0.15, 0.2) is 0 Å². The van der Waals surface area contributed by atoms with E-state index in [9.17, 15) is 5.11 Å². The lowest BCUT2D eigenvalue weighted by atomic mass is 9.77. The van der Waals surface area contributed by atoms with E-state index in [1.165, 1.54) is 19.3 Å². The Kier molecular flexibility index (Phi) is 3.78. The summed E-state index contributed by atoms with van der Waals surface area (Å²) >= 11 is 0. The van der Waals surface area contributed by atoms with Crippen molar-refractivity contribution in [3.63, 3.8) is 0 Å². The first-order chi connectivity index (χ1) is 6.29. The zero-order valence-corrected chi connectivity index (χ0v) is 8.83. The number of benzene rings is 1. The summed E-state index contributed by atoms with van der Waals surface area (Å²) in [5.74, 6) is 0.912. The molecule has 2 rings (SSSR count). The Labute approximate surface area is 90.5 Å². The number of hydrogen-bond donors (Lipinski definition) is 2. The molecule has 1 saturated carbocycles. The fourth-order valence-corrected chi connectivity index (χ4v) is 1.82. The van der Waals surface area contributed by atoms with Gasteiger partial charge in [-0.2, -0.15) is 0 Å². The van der Waals surface area contributed by atoms with Gasteiger partial charge in [0.2, 0.25) is 0 Å². The number of rotatable bonds is 2. The number of phenolic OH excluding ortho intramolecular Hbond substituents is 1. The Morgan fingerprint density at radius 3 is 2.43 bits per heavy atom. The molecule has 2 nitrogen and oxygen atoms in total. The number of phenols is 1. The monoisotopic (exact) mass is 213 g/mol. The highest BCUT2D eigenvalue weighted by Gasteiger charge is 2.26. The van der Waals surface area contributed by atoms with Crippen LogP contribution in [0.15, 0.2) is 24.3 Å². The first-order valence-corrected chi connectivity index (χ1v) is 4.82. The van der Waals surface area contributed by atoms with E-state index in [1.807, 2.05) is 18.2 Å². The fraction of sp³-hybridized carbons (Fsp3) is 0.455. The van der Waals surface area contributed by atoms with Crippen LogP contribution in [0.4, 0.5) is 0 Å². The molecule has 78 valence electrons. The number of aromatic hydroxyl groups is 1. The molecule has 0 spiro atoms. The lowest BCUT2D eigenvalue weighted by molar-refractivity contribution is 0.260. The highest BCUT2D eigenvalue weighted by atomic mass is 35.5. The van der Waals surface area contributed by atoms with Crippen molar-refractivity contribution in [1.29, 1.82) is 0 Å². The van der Waals surface area contributed by atoms with Gasteiger partial charge in [0, 0.05) is 11.6 Å². The maximum atomic E-state index is 9.57. The molecule has 1 aliphatic carbocycles. The molecule has 3 N–H and O–H groups in total. The van der Waals surface area contributed by atoms with Gasteiger partial charge in [-0.15, -0.1) is 12.4 Å². The van der Waals surface area contributed by atoms with Crippen LogP contribution in [0.3, 0.4) is 0 Å². The highest BCUT2D eigenvalue weighted by Crippen LogP contribution is 2.38. The van der Waals surface area contributed by atoms with E-state index in [0.717, 1.165) is 5.56 Å². The fourth-order valence-electron chi connectivity index (χ4n) is 1.82. The Morgan fingerprint density at radius 2 is 1.93 bits per heavy atom. The molecule has 0 bridgehead atoms. The van der Waals surface area contributed by atoms with Crippen LogP contribution < -0.4 is 5.73 Å². The highest BCUT2D eigenvalue weighted by molar-refractivity contribution is 5.85. The number of nitrogens with two attached hydrogens (primary N) is 1. The lowest BCUT2D eigenvalue weighted by Crippen LogP contribution is -2.26. The Morgan fingerprint density at radius 1 is 1.29 bits per heavy atom. The van der Waals surface area contributed by atoms with Crippen LogP contribution in [0.1, 0.15) is 30.9 Å². The van der Waals surface area contributed by atoms with Crippen LogP contribution in [0.25, 0.3) is 0 Å². The Bertz CT molecular complexity index is 299. The minimum absolute atomic E-state index is 0. The first-order valence-electron chi connectivity index (χ1n) is 4.82. The van der Waals surface area contributed by atoms with Crippen LogP contribution in [0, 0.1) is 5.92 Å². The van der Waals surface area contributed by atoms with Gasteiger partial charge in [0.05, 0.1) is 0 Å². The van der Waals surface area contributed by atoms with E-state index < -0.39 is 0 Å². The van der Waals surface area contributed by atoms with Crippen molar-refractivity contribution >= 4 is 12.4 Å². The first kappa shape index (κ1) is 11.3. The summed E-state index contributed by atoms with van der Waals surface area (Å²) in [5, 5.41) is 9.57. The summed E-state index contributed by atoms with van der Waals surface area (Å²) in [7, 11) is 0. The molecule has 0 amide bonds. The van der Waals surface area contributed by atoms with Crippen LogP contribution in [-0.4, -0.2) is 5.11 Å². The molecule has 0 heterocycles. The second kappa shape index (κ2) is 4.67. The van der Waals surface area contributed by atoms with Crippen molar-refractivity contribution < 1.29 is 5.11 Å². The molecule has 3 heteroatoms. The Hall–Kier alpha value is -0.730. The predicted octanol–water partition coefficient (Wildman–Crippen LogP) is 2.61. The molecular weight excluding hydrogens is 198 g/mol. The van der Waals surface area contributed by atoms with E-state index in [1.54, 1.807) is 6.07 Å². The standard InChI is InChI=1S/C11H15NO.ClH/c12-11(8-4-3-5-8)9-6-1-2-7-10(9)13;/h1-2,6-8,11,13H,3-5,12H2;1H/t11-;/m0./s1. The average Bonchev–Trinajstić information content (AvgIpc) is 2.01. The van der Waals surface area contributed by atoms with Crippen molar-refractivity contribution in [2.24, 2.45) is 11.7 Å². The molecule has 1 aromatic rings. The molecule has 0 saturated heterocycles. The smallest absolute Gasteiger partial charge is 0.120 e. The second-order valence-corrected chi connectivity index (χ2v) is 3.78. The topological polar surface area (TPSA) is 46.2 Å². The average molecular weight is 214 g/mol. The molecule has 1 aromatic carbocycles. The number of halogens is 1. The minimum atomic E-state index is 0. The molecule has 1 aliphatic rings. The number of para-hydroxylation sites is 1. The van der Waals surface area contributed by atoms with Gasteiger partial charge in [0.1, 0.15) is 5.75 Å². The molecular formula is C11H16ClNO. The quantitative estimate of drug-likeness (QED) is 0.794. The normalized spacial score (nSPS) is 18.1. The maximum absolute atomic E-state index is 9.57. The van der Waals surface area contributed by atoms with Crippen LogP contribution in [0.2, 0.25) is 0 Å². The van der Waals surface area contributed by atoms with Gasteiger partial charge in [-0.25, -0.2) is 0 Å². The molecule has 0 aromatic heterocycles. The predicted molar refractivity (Wildman–Crippen MR) is 59.6 cm³/mol. The van der Waals surface area contributed by atoms with Gasteiger partial charge < -0.3 is 10.8 Å². The second-order valence-electron chi connectivity index (χ2n) is 3.78. The van der Waals surface area contributed by atoms with Crippen molar-refractivity contribution in [2.75, 3.05) is 0 Å². The van der Waals surface area contributed by atoms with E-state index in [4.69, 9.17) is 5.73 Å². The van der Waals surface area contributed by atoms with Gasteiger partial charge in [0.25, 0.3) is 0 Å². The summed E-state index contributed by atoms with van der Waals surface area (Å²) < 4.78 is 0. The summed E-state index contributed by atoms with van der Waals surface area (Å²) in [6.07, 6.45) is 3.69. The SMILES string of the molecule is Cl.N[C@H](c1ccccc1O)C1CCC1. The van der Waals surface area contributed by atoms with Gasteiger partial charge in [-0.1, -0.05) is 24.6 Å². The van der Waals surface area contributed by atoms with E-state index in [-0.39, 0.29) is 18.4 Å². The summed E-state index contributed by atoms with van der Waals surface area (Å²) in [5.41, 5.74) is 6.94. The van der Waals surface area contributed by atoms with Crippen molar-refractivity contribution in [3.05, 3.63) is 29.8 Å². The summed E-state index contributed by atoms with van der Waals surface area (Å²) in [6.45, 7) is 0. The molecule has 1 atom stereocenters. The van der Waals surface area contributed by atoms with Gasteiger partial charge in [-0.05, 0) is 24.8 Å². The molecule has 0 unspecified atom stereocenters. The van der Waals surface area contributed by atoms with Crippen LogP contribution in [-0.2, 0) is 0 Å².